The quantitative estimate of drug-likeness (QED) is 0.681. The number of nitriles is 2. The molecular weight excluding hydrogens is 250 g/mol. The van der Waals surface area contributed by atoms with E-state index in [4.69, 9.17) is 10.5 Å². The van der Waals surface area contributed by atoms with Gasteiger partial charge in [-0.3, -0.25) is 0 Å². The first-order valence-electron chi connectivity index (χ1n) is 5.99. The summed E-state index contributed by atoms with van der Waals surface area (Å²) >= 11 is 0. The summed E-state index contributed by atoms with van der Waals surface area (Å²) in [6, 6.07) is 18.3. The van der Waals surface area contributed by atoms with Gasteiger partial charge in [0, 0.05) is 10.9 Å². The number of aromatic nitrogens is 1. The molecule has 0 aliphatic heterocycles. The van der Waals surface area contributed by atoms with E-state index < -0.39 is 0 Å². The molecule has 1 N–H and O–H groups in total. The normalized spacial score (nSPS) is 10.1. The van der Waals surface area contributed by atoms with Crippen molar-refractivity contribution in [1.82, 2.24) is 4.73 Å². The van der Waals surface area contributed by atoms with Gasteiger partial charge in [0.25, 0.3) is 0 Å². The van der Waals surface area contributed by atoms with Crippen molar-refractivity contribution in [1.29, 1.82) is 10.5 Å². The topological polar surface area (TPSA) is 72.7 Å². The van der Waals surface area contributed by atoms with Crippen molar-refractivity contribution in [3.63, 3.8) is 0 Å². The van der Waals surface area contributed by atoms with Gasteiger partial charge < -0.3 is 5.21 Å². The van der Waals surface area contributed by atoms with Crippen molar-refractivity contribution >= 4 is 10.9 Å². The summed E-state index contributed by atoms with van der Waals surface area (Å²) < 4.78 is 1.05. The first-order valence-corrected chi connectivity index (χ1v) is 5.99. The van der Waals surface area contributed by atoms with Crippen LogP contribution in [0.15, 0.2) is 48.5 Å². The third-order valence-corrected chi connectivity index (χ3v) is 3.23. The van der Waals surface area contributed by atoms with Gasteiger partial charge in [-0.15, -0.1) is 0 Å². The summed E-state index contributed by atoms with van der Waals surface area (Å²) in [5.41, 5.74) is 2.57. The summed E-state index contributed by atoms with van der Waals surface area (Å²) in [6.45, 7) is 0. The Labute approximate surface area is 115 Å². The average Bonchev–Trinajstić information content (AvgIpc) is 2.83. The van der Waals surface area contributed by atoms with Gasteiger partial charge in [0.15, 0.2) is 0 Å². The highest BCUT2D eigenvalue weighted by molar-refractivity contribution is 5.89. The standard InChI is InChI=1S/C16H9N3O/c17-9-13-6-12-7-15(11-4-2-1-3-5-11)19(20)16(12)8-14(13)10-18/h1-8,20H. The fraction of sp³-hybridized carbons (Fsp3) is 0. The summed E-state index contributed by atoms with van der Waals surface area (Å²) in [4.78, 5) is 0. The van der Waals surface area contributed by atoms with Gasteiger partial charge in [-0.1, -0.05) is 30.3 Å². The van der Waals surface area contributed by atoms with Gasteiger partial charge in [-0.2, -0.15) is 15.3 Å². The minimum absolute atomic E-state index is 0.257. The molecule has 20 heavy (non-hydrogen) atoms. The van der Waals surface area contributed by atoms with Gasteiger partial charge in [-0.05, 0) is 18.2 Å². The lowest BCUT2D eigenvalue weighted by atomic mass is 10.1. The van der Waals surface area contributed by atoms with E-state index in [0.717, 1.165) is 15.7 Å². The number of hydrogen-bond acceptors (Lipinski definition) is 3. The zero-order chi connectivity index (χ0) is 14.1. The maximum atomic E-state index is 10.3. The van der Waals surface area contributed by atoms with E-state index in [1.165, 1.54) is 6.07 Å². The molecule has 2 aromatic carbocycles. The van der Waals surface area contributed by atoms with Gasteiger partial charge >= 0.3 is 0 Å². The van der Waals surface area contributed by atoms with Crippen LogP contribution in [0.5, 0.6) is 0 Å². The Hall–Kier alpha value is -3.24. The molecule has 0 saturated carbocycles. The number of benzene rings is 2. The number of rotatable bonds is 1. The predicted octanol–water partition coefficient (Wildman–Crippen LogP) is 3.29. The molecule has 4 nitrogen and oxygen atoms in total. The number of nitrogens with zero attached hydrogens (tertiary/aromatic N) is 3. The molecule has 1 heterocycles. The van der Waals surface area contributed by atoms with Crippen LogP contribution in [0.25, 0.3) is 22.2 Å². The third-order valence-electron chi connectivity index (χ3n) is 3.23. The molecule has 0 unspecified atom stereocenters. The smallest absolute Gasteiger partial charge is 0.101 e. The maximum Gasteiger partial charge on any atom is 0.101 e. The van der Waals surface area contributed by atoms with Crippen molar-refractivity contribution in [3.05, 3.63) is 59.7 Å². The maximum absolute atomic E-state index is 10.3. The minimum atomic E-state index is 0.257. The molecular formula is C16H9N3O. The molecule has 0 spiro atoms. The molecule has 0 aliphatic rings. The second-order valence-corrected chi connectivity index (χ2v) is 4.39. The van der Waals surface area contributed by atoms with E-state index in [0.29, 0.717) is 16.8 Å². The Kier molecular flexibility index (Phi) is 2.64. The summed E-state index contributed by atoms with van der Waals surface area (Å²) in [7, 11) is 0. The van der Waals surface area contributed by atoms with Crippen LogP contribution in [-0.2, 0) is 0 Å². The highest BCUT2D eigenvalue weighted by Gasteiger charge is 2.13. The van der Waals surface area contributed by atoms with Crippen molar-refractivity contribution < 1.29 is 5.21 Å². The SMILES string of the molecule is N#Cc1cc2cc(-c3ccccc3)n(O)c2cc1C#N. The molecule has 0 saturated heterocycles. The van der Waals surface area contributed by atoms with E-state index in [2.05, 4.69) is 0 Å². The van der Waals surface area contributed by atoms with E-state index in [-0.39, 0.29) is 5.56 Å². The summed E-state index contributed by atoms with van der Waals surface area (Å²) in [6.07, 6.45) is 0. The van der Waals surface area contributed by atoms with Crippen LogP contribution in [0.2, 0.25) is 0 Å². The lowest BCUT2D eigenvalue weighted by Crippen LogP contribution is -1.93. The second kappa shape index (κ2) is 4.46. The Morgan fingerprint density at radius 2 is 1.55 bits per heavy atom. The summed E-state index contributed by atoms with van der Waals surface area (Å²) in [5, 5.41) is 29.0. The fourth-order valence-corrected chi connectivity index (χ4v) is 2.24. The van der Waals surface area contributed by atoms with Crippen LogP contribution in [-0.4, -0.2) is 9.94 Å². The Balaban J connectivity index is 2.32. The molecule has 0 fully saturated rings. The van der Waals surface area contributed by atoms with Gasteiger partial charge in [0.2, 0.25) is 0 Å². The number of fused-ring (bicyclic) bond motifs is 1. The lowest BCUT2D eigenvalue weighted by Gasteiger charge is -2.02. The predicted molar refractivity (Wildman–Crippen MR) is 74.0 cm³/mol. The molecule has 0 bridgehead atoms. The molecule has 0 amide bonds. The largest absolute Gasteiger partial charge is 0.428 e. The van der Waals surface area contributed by atoms with Crippen LogP contribution >= 0.6 is 0 Å². The van der Waals surface area contributed by atoms with Crippen LogP contribution in [0, 0.1) is 22.7 Å². The van der Waals surface area contributed by atoms with Gasteiger partial charge in [-0.25, -0.2) is 0 Å². The van der Waals surface area contributed by atoms with Crippen LogP contribution in [0.1, 0.15) is 11.1 Å². The molecule has 0 radical (unpaired) electrons. The third kappa shape index (κ3) is 1.68. The van der Waals surface area contributed by atoms with E-state index in [1.807, 2.05) is 42.5 Å². The van der Waals surface area contributed by atoms with Gasteiger partial charge in [0.05, 0.1) is 22.3 Å². The molecule has 3 aromatic rings. The first kappa shape index (κ1) is 11.8. The van der Waals surface area contributed by atoms with Crippen molar-refractivity contribution in [2.45, 2.75) is 0 Å². The first-order chi connectivity index (χ1) is 9.74. The lowest BCUT2D eigenvalue weighted by molar-refractivity contribution is 0.205. The minimum Gasteiger partial charge on any atom is -0.428 e. The van der Waals surface area contributed by atoms with Crippen LogP contribution in [0.3, 0.4) is 0 Å². The molecule has 0 aliphatic carbocycles. The van der Waals surface area contributed by atoms with E-state index >= 15 is 0 Å². The van der Waals surface area contributed by atoms with Crippen LogP contribution in [0.4, 0.5) is 0 Å². The molecule has 1 aromatic heterocycles. The Bertz CT molecular complexity index is 880. The Morgan fingerprint density at radius 1 is 0.900 bits per heavy atom. The zero-order valence-electron chi connectivity index (χ0n) is 10.4. The highest BCUT2D eigenvalue weighted by Crippen LogP contribution is 2.28. The van der Waals surface area contributed by atoms with Gasteiger partial charge in [0.1, 0.15) is 12.1 Å². The molecule has 94 valence electrons. The van der Waals surface area contributed by atoms with Crippen molar-refractivity contribution in [2.75, 3.05) is 0 Å². The zero-order valence-corrected chi connectivity index (χ0v) is 10.4. The van der Waals surface area contributed by atoms with Crippen molar-refractivity contribution in [2.24, 2.45) is 0 Å². The van der Waals surface area contributed by atoms with E-state index in [1.54, 1.807) is 12.1 Å². The summed E-state index contributed by atoms with van der Waals surface area (Å²) in [5.74, 6) is 0. The number of hydrogen-bond donors (Lipinski definition) is 1. The second-order valence-electron chi connectivity index (χ2n) is 4.39. The molecule has 4 heteroatoms. The molecule has 0 atom stereocenters. The average molecular weight is 259 g/mol. The molecule has 3 rings (SSSR count). The highest BCUT2D eigenvalue weighted by atomic mass is 16.5. The monoisotopic (exact) mass is 259 g/mol. The van der Waals surface area contributed by atoms with Crippen LogP contribution < -0.4 is 0 Å². The Morgan fingerprint density at radius 3 is 2.20 bits per heavy atom. The van der Waals surface area contributed by atoms with Crippen molar-refractivity contribution in [3.8, 4) is 23.4 Å². The van der Waals surface area contributed by atoms with E-state index in [9.17, 15) is 5.21 Å². The fourth-order valence-electron chi connectivity index (χ4n) is 2.24.